The minimum Gasteiger partial charge on any atom is -0.494 e. The Morgan fingerprint density at radius 1 is 1.12 bits per heavy atom. The third kappa shape index (κ3) is 5.70. The number of aryl methyl sites for hydroxylation is 1. The predicted molar refractivity (Wildman–Crippen MR) is 102 cm³/mol. The molecule has 4 heteroatoms. The van der Waals surface area contributed by atoms with Crippen molar-refractivity contribution in [3.05, 3.63) is 29.3 Å². The zero-order chi connectivity index (χ0) is 18.1. The number of fused-ring (bicyclic) bond motifs is 1. The van der Waals surface area contributed by atoms with Crippen LogP contribution in [0.5, 0.6) is 5.75 Å². The Morgan fingerprint density at radius 3 is 2.60 bits per heavy atom. The minimum atomic E-state index is -0.894. The minimum absolute atomic E-state index is 0.106. The van der Waals surface area contributed by atoms with Crippen molar-refractivity contribution >= 4 is 0 Å². The van der Waals surface area contributed by atoms with Crippen molar-refractivity contribution in [2.24, 2.45) is 11.7 Å². The number of nitrogens with two attached hydrogens (primary N) is 1. The van der Waals surface area contributed by atoms with E-state index in [1.807, 2.05) is 6.07 Å². The number of benzene rings is 1. The molecule has 0 radical (unpaired) electrons. The smallest absolute Gasteiger partial charge is 0.119 e. The number of aliphatic hydroxyl groups excluding tert-OH is 2. The van der Waals surface area contributed by atoms with Gasteiger partial charge in [-0.3, -0.25) is 0 Å². The largest absolute Gasteiger partial charge is 0.494 e. The summed E-state index contributed by atoms with van der Waals surface area (Å²) in [5, 5.41) is 19.2. The van der Waals surface area contributed by atoms with Crippen molar-refractivity contribution in [1.29, 1.82) is 0 Å². The van der Waals surface area contributed by atoms with Crippen molar-refractivity contribution in [3.63, 3.8) is 0 Å². The van der Waals surface area contributed by atoms with Gasteiger partial charge >= 0.3 is 0 Å². The molecule has 25 heavy (non-hydrogen) atoms. The fourth-order valence-corrected chi connectivity index (χ4v) is 3.72. The molecule has 0 spiro atoms. The molecule has 0 aliphatic heterocycles. The third-order valence-electron chi connectivity index (χ3n) is 5.56. The van der Waals surface area contributed by atoms with E-state index in [0.717, 1.165) is 44.5 Å². The van der Waals surface area contributed by atoms with Crippen LogP contribution in [0.15, 0.2) is 18.2 Å². The van der Waals surface area contributed by atoms with Crippen molar-refractivity contribution in [2.75, 3.05) is 19.8 Å². The number of hydrogen-bond donors (Lipinski definition) is 3. The van der Waals surface area contributed by atoms with Gasteiger partial charge in [0.25, 0.3) is 0 Å². The highest BCUT2D eigenvalue weighted by molar-refractivity contribution is 5.37. The Morgan fingerprint density at radius 2 is 1.88 bits per heavy atom. The summed E-state index contributed by atoms with van der Waals surface area (Å²) >= 11 is 0. The number of ether oxygens (including phenoxy) is 1. The van der Waals surface area contributed by atoms with E-state index < -0.39 is 5.54 Å². The average molecular weight is 350 g/mol. The Labute approximate surface area is 152 Å². The Hall–Kier alpha value is -1.10. The zero-order valence-corrected chi connectivity index (χ0v) is 15.7. The molecule has 0 aromatic heterocycles. The maximum absolute atomic E-state index is 9.59. The summed E-state index contributed by atoms with van der Waals surface area (Å²) in [6.07, 6.45) is 9.99. The molecule has 1 aliphatic carbocycles. The summed E-state index contributed by atoms with van der Waals surface area (Å²) in [5.41, 5.74) is 7.92. The number of hydrogen-bond acceptors (Lipinski definition) is 4. The first-order chi connectivity index (χ1) is 12.1. The fourth-order valence-electron chi connectivity index (χ4n) is 3.72. The molecule has 1 aromatic carbocycles. The summed E-state index contributed by atoms with van der Waals surface area (Å²) in [6.45, 7) is 2.66. The Bertz CT molecular complexity index is 514. The summed E-state index contributed by atoms with van der Waals surface area (Å²) < 4.78 is 5.92. The van der Waals surface area contributed by atoms with Crippen molar-refractivity contribution in [1.82, 2.24) is 0 Å². The lowest BCUT2D eigenvalue weighted by atomic mass is 9.80. The SMILES string of the molecule is CCCCCCCOc1ccc2c(c1)CCC[C@@H](C(N)(CO)CO)C2. The van der Waals surface area contributed by atoms with E-state index in [-0.39, 0.29) is 19.1 Å². The number of rotatable bonds is 10. The lowest BCUT2D eigenvalue weighted by Crippen LogP contribution is -2.54. The van der Waals surface area contributed by atoms with Gasteiger partial charge in [0.15, 0.2) is 0 Å². The molecule has 0 heterocycles. The molecule has 4 N–H and O–H groups in total. The van der Waals surface area contributed by atoms with Crippen LogP contribution in [-0.2, 0) is 12.8 Å². The van der Waals surface area contributed by atoms with Gasteiger partial charge in [0.2, 0.25) is 0 Å². The Kier molecular flexibility index (Phi) is 8.20. The highest BCUT2D eigenvalue weighted by atomic mass is 16.5. The molecule has 1 atom stereocenters. The predicted octanol–water partition coefficient (Wildman–Crippen LogP) is 3.21. The first kappa shape index (κ1) is 20.2. The molecular weight excluding hydrogens is 314 g/mol. The van der Waals surface area contributed by atoms with E-state index in [0.29, 0.717) is 0 Å². The Balaban J connectivity index is 1.93. The second-order valence-corrected chi connectivity index (χ2v) is 7.54. The molecule has 4 nitrogen and oxygen atoms in total. The summed E-state index contributed by atoms with van der Waals surface area (Å²) in [6, 6.07) is 6.35. The first-order valence-electron chi connectivity index (χ1n) is 9.88. The fraction of sp³-hybridized carbons (Fsp3) is 0.714. The van der Waals surface area contributed by atoms with Crippen LogP contribution >= 0.6 is 0 Å². The number of aliphatic hydroxyl groups is 2. The topological polar surface area (TPSA) is 75.7 Å². The molecule has 142 valence electrons. The molecule has 2 rings (SSSR count). The van der Waals surface area contributed by atoms with Gasteiger partial charge in [-0.05, 0) is 61.3 Å². The molecule has 1 aromatic rings. The lowest BCUT2D eigenvalue weighted by molar-refractivity contribution is 0.0713. The van der Waals surface area contributed by atoms with Crippen LogP contribution in [0.4, 0.5) is 0 Å². The van der Waals surface area contributed by atoms with E-state index >= 15 is 0 Å². The maximum atomic E-state index is 9.59. The van der Waals surface area contributed by atoms with Crippen LogP contribution in [0.1, 0.15) is 63.0 Å². The second kappa shape index (κ2) is 10.1. The van der Waals surface area contributed by atoms with Crippen molar-refractivity contribution in [3.8, 4) is 5.75 Å². The van der Waals surface area contributed by atoms with E-state index in [4.69, 9.17) is 10.5 Å². The molecule has 1 aliphatic rings. The molecule has 0 amide bonds. The summed E-state index contributed by atoms with van der Waals surface area (Å²) in [7, 11) is 0. The summed E-state index contributed by atoms with van der Waals surface area (Å²) in [4.78, 5) is 0. The van der Waals surface area contributed by atoms with Crippen LogP contribution in [-0.4, -0.2) is 35.6 Å². The monoisotopic (exact) mass is 349 g/mol. The molecule has 0 saturated heterocycles. The number of unbranched alkanes of at least 4 members (excludes halogenated alkanes) is 4. The molecule has 0 fully saturated rings. The van der Waals surface area contributed by atoms with Crippen molar-refractivity contribution in [2.45, 2.75) is 70.3 Å². The first-order valence-corrected chi connectivity index (χ1v) is 9.88. The molecule has 0 saturated carbocycles. The van der Waals surface area contributed by atoms with Gasteiger partial charge in [0.05, 0.1) is 25.4 Å². The second-order valence-electron chi connectivity index (χ2n) is 7.54. The van der Waals surface area contributed by atoms with Gasteiger partial charge in [-0.2, -0.15) is 0 Å². The van der Waals surface area contributed by atoms with Gasteiger partial charge < -0.3 is 20.7 Å². The average Bonchev–Trinajstić information content (AvgIpc) is 2.86. The van der Waals surface area contributed by atoms with E-state index in [1.54, 1.807) is 0 Å². The van der Waals surface area contributed by atoms with Gasteiger partial charge in [-0.25, -0.2) is 0 Å². The van der Waals surface area contributed by atoms with Crippen molar-refractivity contribution < 1.29 is 14.9 Å². The van der Waals surface area contributed by atoms with Gasteiger partial charge in [0.1, 0.15) is 5.75 Å². The highest BCUT2D eigenvalue weighted by Gasteiger charge is 2.35. The lowest BCUT2D eigenvalue weighted by Gasteiger charge is -2.34. The summed E-state index contributed by atoms with van der Waals surface area (Å²) in [5.74, 6) is 1.06. The zero-order valence-electron chi connectivity index (χ0n) is 15.7. The van der Waals surface area contributed by atoms with Gasteiger partial charge in [-0.1, -0.05) is 38.7 Å². The van der Waals surface area contributed by atoms with E-state index in [9.17, 15) is 10.2 Å². The maximum Gasteiger partial charge on any atom is 0.119 e. The van der Waals surface area contributed by atoms with Crippen LogP contribution < -0.4 is 10.5 Å². The van der Waals surface area contributed by atoms with E-state index in [1.165, 1.54) is 36.8 Å². The standard InChI is InChI=1S/C21H35NO3/c1-2-3-4-5-6-12-25-20-11-10-18-13-19(21(22,15-23)16-24)9-7-8-17(18)14-20/h10-11,14,19,23-24H,2-9,12-13,15-16,22H2,1H3/t19-/m1/s1. The van der Waals surface area contributed by atoms with Gasteiger partial charge in [0, 0.05) is 0 Å². The normalized spacial score (nSPS) is 17.8. The quantitative estimate of drug-likeness (QED) is 0.448. The third-order valence-corrected chi connectivity index (χ3v) is 5.56. The van der Waals surface area contributed by atoms with Crippen LogP contribution in [0.2, 0.25) is 0 Å². The van der Waals surface area contributed by atoms with Crippen LogP contribution in [0, 0.1) is 5.92 Å². The highest BCUT2D eigenvalue weighted by Crippen LogP contribution is 2.32. The molecular formula is C21H35NO3. The molecule has 0 unspecified atom stereocenters. The van der Waals surface area contributed by atoms with Crippen LogP contribution in [0.3, 0.4) is 0 Å². The molecule has 0 bridgehead atoms. The van der Waals surface area contributed by atoms with E-state index in [2.05, 4.69) is 19.1 Å². The van der Waals surface area contributed by atoms with Crippen LogP contribution in [0.25, 0.3) is 0 Å². The van der Waals surface area contributed by atoms with Gasteiger partial charge in [-0.15, -0.1) is 0 Å².